The number of nitrogens with zero attached hydrogens (tertiary/aromatic N) is 1. The molecule has 1 N–H and O–H groups in total. The molecule has 0 aliphatic rings. The second-order valence-electron chi connectivity index (χ2n) is 7.31. The summed E-state index contributed by atoms with van der Waals surface area (Å²) in [5.41, 5.74) is 2.42. The monoisotopic (exact) mass is 418 g/mol. The first-order valence-corrected chi connectivity index (χ1v) is 11.5. The van der Waals surface area contributed by atoms with E-state index in [-0.39, 0.29) is 18.6 Å². The lowest BCUT2D eigenvalue weighted by Gasteiger charge is -2.31. The normalized spacial score (nSPS) is 13.4. The van der Waals surface area contributed by atoms with Gasteiger partial charge in [0, 0.05) is 0 Å². The first-order chi connectivity index (χ1) is 13.6. The SMILES string of the molecule is CC[C@@H](C(=O)N[C@H](C)COc1ccccc1C)N(c1cccc(C)c1)S(C)(=O)=O. The number of anilines is 1. The van der Waals surface area contributed by atoms with Crippen molar-refractivity contribution in [2.24, 2.45) is 0 Å². The molecule has 0 unspecified atom stereocenters. The van der Waals surface area contributed by atoms with Gasteiger partial charge in [-0.05, 0) is 56.5 Å². The number of hydrogen-bond donors (Lipinski definition) is 1. The Morgan fingerprint density at radius 2 is 1.83 bits per heavy atom. The van der Waals surface area contributed by atoms with Crippen molar-refractivity contribution in [1.82, 2.24) is 5.32 Å². The van der Waals surface area contributed by atoms with Crippen LogP contribution in [0.15, 0.2) is 48.5 Å². The summed E-state index contributed by atoms with van der Waals surface area (Å²) >= 11 is 0. The van der Waals surface area contributed by atoms with Crippen LogP contribution in [0.5, 0.6) is 5.75 Å². The third-order valence-electron chi connectivity index (χ3n) is 4.56. The number of hydrogen-bond acceptors (Lipinski definition) is 4. The van der Waals surface area contributed by atoms with Gasteiger partial charge in [-0.25, -0.2) is 8.42 Å². The Morgan fingerprint density at radius 1 is 1.14 bits per heavy atom. The molecule has 0 aromatic heterocycles. The maximum atomic E-state index is 12.9. The van der Waals surface area contributed by atoms with Crippen LogP contribution in [-0.4, -0.2) is 39.3 Å². The van der Waals surface area contributed by atoms with Crippen LogP contribution in [0, 0.1) is 13.8 Å². The van der Waals surface area contributed by atoms with Gasteiger partial charge in [0.25, 0.3) is 0 Å². The Bertz CT molecular complexity index is 943. The predicted molar refractivity (Wildman–Crippen MR) is 117 cm³/mol. The second kappa shape index (κ2) is 9.78. The molecule has 2 aromatic carbocycles. The molecule has 0 aliphatic carbocycles. The molecule has 0 fully saturated rings. The molecule has 1 amide bonds. The zero-order chi connectivity index (χ0) is 21.6. The first kappa shape index (κ1) is 22.7. The van der Waals surface area contributed by atoms with Gasteiger partial charge < -0.3 is 10.1 Å². The molecule has 2 aromatic rings. The second-order valence-corrected chi connectivity index (χ2v) is 9.17. The predicted octanol–water partition coefficient (Wildman–Crippen LogP) is 3.43. The number of aryl methyl sites for hydroxylation is 2. The molecule has 2 atom stereocenters. The topological polar surface area (TPSA) is 75.7 Å². The summed E-state index contributed by atoms with van der Waals surface area (Å²) < 4.78 is 32.0. The largest absolute Gasteiger partial charge is 0.491 e. The van der Waals surface area contributed by atoms with E-state index < -0.39 is 16.1 Å². The van der Waals surface area contributed by atoms with Crippen molar-refractivity contribution in [1.29, 1.82) is 0 Å². The van der Waals surface area contributed by atoms with Gasteiger partial charge in [0.05, 0.1) is 18.0 Å². The molecule has 0 saturated carbocycles. The summed E-state index contributed by atoms with van der Waals surface area (Å²) in [6.07, 6.45) is 1.47. The van der Waals surface area contributed by atoms with Crippen molar-refractivity contribution in [3.8, 4) is 5.75 Å². The molecule has 0 bridgehead atoms. The van der Waals surface area contributed by atoms with Crippen LogP contribution in [0.4, 0.5) is 5.69 Å². The van der Waals surface area contributed by atoms with Gasteiger partial charge >= 0.3 is 0 Å². The van der Waals surface area contributed by atoms with E-state index in [0.29, 0.717) is 12.1 Å². The number of nitrogens with one attached hydrogen (secondary N) is 1. The minimum atomic E-state index is -3.65. The number of ether oxygens (including phenoxy) is 1. The van der Waals surface area contributed by atoms with Gasteiger partial charge in [0.2, 0.25) is 15.9 Å². The van der Waals surface area contributed by atoms with Crippen molar-refractivity contribution >= 4 is 21.6 Å². The first-order valence-electron chi connectivity index (χ1n) is 9.68. The average molecular weight is 419 g/mol. The number of rotatable bonds is 9. The summed E-state index contributed by atoms with van der Waals surface area (Å²) in [7, 11) is -3.65. The Balaban J connectivity index is 2.13. The van der Waals surface area contributed by atoms with E-state index in [0.717, 1.165) is 23.1 Å². The van der Waals surface area contributed by atoms with E-state index in [1.165, 1.54) is 4.31 Å². The Hall–Kier alpha value is -2.54. The molecule has 7 heteroatoms. The number of carbonyl (C=O) groups is 1. The van der Waals surface area contributed by atoms with E-state index >= 15 is 0 Å². The van der Waals surface area contributed by atoms with Gasteiger partial charge in [-0.3, -0.25) is 9.10 Å². The minimum Gasteiger partial charge on any atom is -0.491 e. The molecule has 0 saturated heterocycles. The van der Waals surface area contributed by atoms with Gasteiger partial charge in [-0.1, -0.05) is 37.3 Å². The van der Waals surface area contributed by atoms with Crippen LogP contribution >= 0.6 is 0 Å². The third-order valence-corrected chi connectivity index (χ3v) is 5.74. The van der Waals surface area contributed by atoms with Crippen LogP contribution in [-0.2, 0) is 14.8 Å². The third kappa shape index (κ3) is 6.22. The maximum Gasteiger partial charge on any atom is 0.244 e. The van der Waals surface area contributed by atoms with Gasteiger partial charge in [-0.2, -0.15) is 0 Å². The standard InChI is InChI=1S/C22H30N2O4S/c1-6-20(24(29(5,26)27)19-12-9-10-16(2)14-19)22(25)23-18(4)15-28-21-13-8-7-11-17(21)3/h7-14,18,20H,6,15H2,1-5H3,(H,23,25)/t18-,20+/m1/s1. The zero-order valence-electron chi connectivity index (χ0n) is 17.7. The van der Waals surface area contributed by atoms with Crippen LogP contribution in [0.3, 0.4) is 0 Å². The molecule has 29 heavy (non-hydrogen) atoms. The van der Waals surface area contributed by atoms with E-state index in [1.807, 2.05) is 51.1 Å². The fourth-order valence-electron chi connectivity index (χ4n) is 3.14. The number of carbonyl (C=O) groups excluding carboxylic acids is 1. The van der Waals surface area contributed by atoms with E-state index in [4.69, 9.17) is 4.74 Å². The fourth-order valence-corrected chi connectivity index (χ4v) is 4.34. The molecule has 0 heterocycles. The highest BCUT2D eigenvalue weighted by atomic mass is 32.2. The Labute approximate surface area is 173 Å². The highest BCUT2D eigenvalue weighted by Gasteiger charge is 2.32. The molecule has 0 aliphatic heterocycles. The van der Waals surface area contributed by atoms with Gasteiger partial charge in [0.1, 0.15) is 18.4 Å². The smallest absolute Gasteiger partial charge is 0.244 e. The Morgan fingerprint density at radius 3 is 2.41 bits per heavy atom. The number of benzene rings is 2. The summed E-state index contributed by atoms with van der Waals surface area (Å²) in [5.74, 6) is 0.415. The lowest BCUT2D eigenvalue weighted by atomic mass is 10.1. The molecule has 158 valence electrons. The Kier molecular flexibility index (Phi) is 7.67. The maximum absolute atomic E-state index is 12.9. The number of amides is 1. The molecule has 0 spiro atoms. The van der Waals surface area contributed by atoms with Crippen LogP contribution in [0.2, 0.25) is 0 Å². The quantitative estimate of drug-likeness (QED) is 0.677. The van der Waals surface area contributed by atoms with Crippen LogP contribution in [0.1, 0.15) is 31.4 Å². The zero-order valence-corrected chi connectivity index (χ0v) is 18.5. The molecule has 0 radical (unpaired) electrons. The van der Waals surface area contributed by atoms with Crippen molar-refractivity contribution in [3.63, 3.8) is 0 Å². The van der Waals surface area contributed by atoms with E-state index in [1.54, 1.807) is 25.1 Å². The molecule has 6 nitrogen and oxygen atoms in total. The van der Waals surface area contributed by atoms with Crippen molar-refractivity contribution in [3.05, 3.63) is 59.7 Å². The van der Waals surface area contributed by atoms with Crippen LogP contribution in [0.25, 0.3) is 0 Å². The summed E-state index contributed by atoms with van der Waals surface area (Å²) in [4.78, 5) is 12.9. The fraction of sp³-hybridized carbons (Fsp3) is 0.409. The molecular weight excluding hydrogens is 388 g/mol. The van der Waals surface area contributed by atoms with Crippen molar-refractivity contribution in [2.45, 2.75) is 46.2 Å². The van der Waals surface area contributed by atoms with E-state index in [2.05, 4.69) is 5.32 Å². The molecular formula is C22H30N2O4S. The highest BCUT2D eigenvalue weighted by molar-refractivity contribution is 7.92. The highest BCUT2D eigenvalue weighted by Crippen LogP contribution is 2.23. The minimum absolute atomic E-state index is 0.282. The van der Waals surface area contributed by atoms with Gasteiger partial charge in [-0.15, -0.1) is 0 Å². The number of para-hydroxylation sites is 1. The summed E-state index contributed by atoms with van der Waals surface area (Å²) in [6, 6.07) is 13.7. The lowest BCUT2D eigenvalue weighted by molar-refractivity contribution is -0.123. The lowest BCUT2D eigenvalue weighted by Crippen LogP contribution is -2.52. The van der Waals surface area contributed by atoms with Crippen molar-refractivity contribution in [2.75, 3.05) is 17.2 Å². The average Bonchev–Trinajstić information content (AvgIpc) is 2.64. The van der Waals surface area contributed by atoms with E-state index in [9.17, 15) is 13.2 Å². The van der Waals surface area contributed by atoms with Crippen molar-refractivity contribution < 1.29 is 17.9 Å². The summed E-state index contributed by atoms with van der Waals surface area (Å²) in [5, 5.41) is 2.89. The van der Waals surface area contributed by atoms with Gasteiger partial charge in [0.15, 0.2) is 0 Å². The number of sulfonamides is 1. The molecule has 2 rings (SSSR count). The summed E-state index contributed by atoms with van der Waals surface area (Å²) in [6.45, 7) is 7.76. The van der Waals surface area contributed by atoms with Crippen LogP contribution < -0.4 is 14.4 Å².